The molecule has 3 nitrogen and oxygen atoms in total. The topological polar surface area (TPSA) is 41.1 Å². The van der Waals surface area contributed by atoms with Gasteiger partial charge in [0.15, 0.2) is 0 Å². The van der Waals surface area contributed by atoms with Crippen LogP contribution in [0.4, 0.5) is 5.69 Å². The Kier molecular flexibility index (Phi) is 4.64. The SMILES string of the molecule is O=C(Nc1ccc(Cl)cc1I)C1CCCNC1. The van der Waals surface area contributed by atoms with Gasteiger partial charge in [-0.3, -0.25) is 4.79 Å². The lowest BCUT2D eigenvalue weighted by Gasteiger charge is -2.22. The van der Waals surface area contributed by atoms with E-state index < -0.39 is 0 Å². The number of hydrogen-bond acceptors (Lipinski definition) is 2. The molecule has 1 fully saturated rings. The Labute approximate surface area is 119 Å². The highest BCUT2D eigenvalue weighted by Gasteiger charge is 2.21. The number of anilines is 1. The van der Waals surface area contributed by atoms with E-state index >= 15 is 0 Å². The summed E-state index contributed by atoms with van der Waals surface area (Å²) in [6.07, 6.45) is 2.03. The molecule has 1 aliphatic heterocycles. The van der Waals surface area contributed by atoms with E-state index in [0.29, 0.717) is 5.02 Å². The van der Waals surface area contributed by atoms with Gasteiger partial charge in [0.25, 0.3) is 0 Å². The smallest absolute Gasteiger partial charge is 0.228 e. The number of carbonyl (C=O) groups excluding carboxylic acids is 1. The minimum absolute atomic E-state index is 0.0789. The summed E-state index contributed by atoms with van der Waals surface area (Å²) in [6, 6.07) is 5.48. The summed E-state index contributed by atoms with van der Waals surface area (Å²) in [6.45, 7) is 1.79. The van der Waals surface area contributed by atoms with Crippen molar-refractivity contribution in [1.82, 2.24) is 5.32 Å². The fourth-order valence-electron chi connectivity index (χ4n) is 1.90. The summed E-state index contributed by atoms with van der Waals surface area (Å²) in [5.41, 5.74) is 0.838. The van der Waals surface area contributed by atoms with Gasteiger partial charge in [0.1, 0.15) is 0 Å². The fraction of sp³-hybridized carbons (Fsp3) is 0.417. The highest BCUT2D eigenvalue weighted by atomic mass is 127. The van der Waals surface area contributed by atoms with Crippen molar-refractivity contribution >= 4 is 45.8 Å². The van der Waals surface area contributed by atoms with Gasteiger partial charge in [0, 0.05) is 15.1 Å². The molecule has 1 unspecified atom stereocenters. The lowest BCUT2D eigenvalue weighted by Crippen LogP contribution is -2.37. The van der Waals surface area contributed by atoms with E-state index in [1.807, 2.05) is 12.1 Å². The lowest BCUT2D eigenvalue weighted by atomic mass is 9.99. The van der Waals surface area contributed by atoms with Crippen LogP contribution >= 0.6 is 34.2 Å². The minimum atomic E-state index is 0.0789. The third-order valence-electron chi connectivity index (χ3n) is 2.86. The van der Waals surface area contributed by atoms with Crippen molar-refractivity contribution in [1.29, 1.82) is 0 Å². The molecular weight excluding hydrogens is 351 g/mol. The van der Waals surface area contributed by atoms with Gasteiger partial charge in [0.05, 0.1) is 11.6 Å². The zero-order chi connectivity index (χ0) is 12.3. The maximum Gasteiger partial charge on any atom is 0.228 e. The normalized spacial score (nSPS) is 20.0. The van der Waals surface area contributed by atoms with E-state index in [0.717, 1.165) is 35.2 Å². The third kappa shape index (κ3) is 3.56. The van der Waals surface area contributed by atoms with Crippen molar-refractivity contribution < 1.29 is 4.79 Å². The average Bonchev–Trinajstić information content (AvgIpc) is 2.34. The van der Waals surface area contributed by atoms with E-state index in [9.17, 15) is 4.79 Å². The molecule has 0 bridgehead atoms. The van der Waals surface area contributed by atoms with Gasteiger partial charge in [-0.25, -0.2) is 0 Å². The molecule has 2 rings (SSSR count). The van der Waals surface area contributed by atoms with Gasteiger partial charge in [-0.05, 0) is 60.2 Å². The Morgan fingerprint density at radius 2 is 2.35 bits per heavy atom. The molecule has 0 saturated carbocycles. The van der Waals surface area contributed by atoms with Crippen LogP contribution in [-0.2, 0) is 4.79 Å². The van der Waals surface area contributed by atoms with Crippen LogP contribution < -0.4 is 10.6 Å². The highest BCUT2D eigenvalue weighted by molar-refractivity contribution is 14.1. The Morgan fingerprint density at radius 1 is 1.53 bits per heavy atom. The number of halogens is 2. The standard InChI is InChI=1S/C12H14ClIN2O/c13-9-3-4-11(10(14)6-9)16-12(17)8-2-1-5-15-7-8/h3-4,6,8,15H,1-2,5,7H2,(H,16,17). The van der Waals surface area contributed by atoms with Crippen LogP contribution in [0.25, 0.3) is 0 Å². The molecule has 5 heteroatoms. The molecule has 2 N–H and O–H groups in total. The number of carbonyl (C=O) groups is 1. The van der Waals surface area contributed by atoms with Crippen molar-refractivity contribution in [3.8, 4) is 0 Å². The molecule has 1 atom stereocenters. The Hall–Kier alpha value is -0.330. The van der Waals surface area contributed by atoms with Crippen LogP contribution in [0.2, 0.25) is 5.02 Å². The molecule has 1 aliphatic rings. The van der Waals surface area contributed by atoms with Gasteiger partial charge in [-0.15, -0.1) is 0 Å². The first-order valence-corrected chi connectivity index (χ1v) is 7.09. The molecule has 1 heterocycles. The number of amides is 1. The van der Waals surface area contributed by atoms with Crippen molar-refractivity contribution in [3.63, 3.8) is 0 Å². The number of benzene rings is 1. The van der Waals surface area contributed by atoms with Gasteiger partial charge in [0.2, 0.25) is 5.91 Å². The summed E-state index contributed by atoms with van der Waals surface area (Å²) < 4.78 is 0.965. The molecule has 1 aromatic rings. The molecule has 1 aromatic carbocycles. The lowest BCUT2D eigenvalue weighted by molar-refractivity contribution is -0.120. The van der Waals surface area contributed by atoms with Gasteiger partial charge in [-0.2, -0.15) is 0 Å². The van der Waals surface area contributed by atoms with Crippen LogP contribution in [0.15, 0.2) is 18.2 Å². The maximum atomic E-state index is 12.0. The first kappa shape index (κ1) is 13.1. The Balaban J connectivity index is 2.02. The summed E-state index contributed by atoms with van der Waals surface area (Å²) in [5.74, 6) is 0.174. The summed E-state index contributed by atoms with van der Waals surface area (Å²) >= 11 is 8.05. The van der Waals surface area contributed by atoms with E-state index in [-0.39, 0.29) is 11.8 Å². The van der Waals surface area contributed by atoms with Crippen molar-refractivity contribution in [3.05, 3.63) is 26.8 Å². The molecule has 0 aliphatic carbocycles. The zero-order valence-corrected chi connectivity index (χ0v) is 12.2. The molecule has 0 aromatic heterocycles. The predicted molar refractivity (Wildman–Crippen MR) is 78.4 cm³/mol. The zero-order valence-electron chi connectivity index (χ0n) is 9.30. The fourth-order valence-corrected chi connectivity index (χ4v) is 2.91. The molecule has 0 spiro atoms. The van der Waals surface area contributed by atoms with E-state index in [4.69, 9.17) is 11.6 Å². The van der Waals surface area contributed by atoms with Crippen LogP contribution in [-0.4, -0.2) is 19.0 Å². The quantitative estimate of drug-likeness (QED) is 0.792. The maximum absolute atomic E-state index is 12.0. The molecule has 1 saturated heterocycles. The average molecular weight is 365 g/mol. The van der Waals surface area contributed by atoms with Gasteiger partial charge >= 0.3 is 0 Å². The van der Waals surface area contributed by atoms with Crippen molar-refractivity contribution in [2.45, 2.75) is 12.8 Å². The molecule has 0 radical (unpaired) electrons. The van der Waals surface area contributed by atoms with Crippen LogP contribution in [0, 0.1) is 9.49 Å². The first-order valence-electron chi connectivity index (χ1n) is 5.63. The van der Waals surface area contributed by atoms with E-state index in [1.165, 1.54) is 0 Å². The molecule has 92 valence electrons. The molecule has 17 heavy (non-hydrogen) atoms. The van der Waals surface area contributed by atoms with Crippen LogP contribution in [0.1, 0.15) is 12.8 Å². The third-order valence-corrected chi connectivity index (χ3v) is 3.98. The van der Waals surface area contributed by atoms with Gasteiger partial charge in [-0.1, -0.05) is 11.6 Å². The number of hydrogen-bond donors (Lipinski definition) is 2. The highest BCUT2D eigenvalue weighted by Crippen LogP contribution is 2.23. The second kappa shape index (κ2) is 6.02. The largest absolute Gasteiger partial charge is 0.325 e. The van der Waals surface area contributed by atoms with E-state index in [2.05, 4.69) is 33.2 Å². The van der Waals surface area contributed by atoms with Crippen molar-refractivity contribution in [2.75, 3.05) is 18.4 Å². The Bertz CT molecular complexity index is 419. The number of nitrogens with one attached hydrogen (secondary N) is 2. The predicted octanol–water partition coefficient (Wildman–Crippen LogP) is 2.88. The van der Waals surface area contributed by atoms with Crippen LogP contribution in [0.3, 0.4) is 0 Å². The second-order valence-corrected chi connectivity index (χ2v) is 5.76. The summed E-state index contributed by atoms with van der Waals surface area (Å²) in [7, 11) is 0. The summed E-state index contributed by atoms with van der Waals surface area (Å²) in [5, 5.41) is 6.89. The Morgan fingerprint density at radius 3 is 3.00 bits per heavy atom. The van der Waals surface area contributed by atoms with Crippen LogP contribution in [0.5, 0.6) is 0 Å². The minimum Gasteiger partial charge on any atom is -0.325 e. The molecule has 1 amide bonds. The summed E-state index contributed by atoms with van der Waals surface area (Å²) in [4.78, 5) is 12.0. The monoisotopic (exact) mass is 364 g/mol. The second-order valence-electron chi connectivity index (χ2n) is 4.16. The van der Waals surface area contributed by atoms with Crippen molar-refractivity contribution in [2.24, 2.45) is 5.92 Å². The van der Waals surface area contributed by atoms with Gasteiger partial charge < -0.3 is 10.6 Å². The molecular formula is C12H14ClIN2O. The first-order chi connectivity index (χ1) is 8.16. The van der Waals surface area contributed by atoms with E-state index in [1.54, 1.807) is 6.07 Å². The number of rotatable bonds is 2. The number of piperidine rings is 1.